The van der Waals surface area contributed by atoms with Crippen LogP contribution in [0.25, 0.3) is 33.2 Å². The molecule has 2 aromatic carbocycles. The average molecular weight is 661 g/mol. The van der Waals surface area contributed by atoms with Crippen LogP contribution in [0.4, 0.5) is 0 Å². The predicted molar refractivity (Wildman–Crippen MR) is 148 cm³/mol. The quantitative estimate of drug-likeness (QED) is 0.163. The van der Waals surface area contributed by atoms with Gasteiger partial charge in [0.15, 0.2) is 0 Å². The van der Waals surface area contributed by atoms with E-state index in [1.54, 1.807) is 0 Å². The standard InChI is InChI=1S/C31H38NOSi.Ir/c1-19-16-24(32-18-20(19)2)22-11-13-26(34(7,8)9)27-23-17-21(10-12-25(23)33-28(22)27)29-30(3,4)14-15-31(29,5)6;/h10,12-13,16-18,29H,14-15H2,1-9H3;/q-1;. The van der Waals surface area contributed by atoms with Gasteiger partial charge in [0.25, 0.3) is 0 Å². The number of aryl methyl sites for hydroxylation is 2. The Kier molecular flexibility index (Phi) is 6.53. The Bertz CT molecular complexity index is 1410. The molecule has 4 heteroatoms. The summed E-state index contributed by atoms with van der Waals surface area (Å²) >= 11 is 0. The summed E-state index contributed by atoms with van der Waals surface area (Å²) < 4.78 is 6.62. The second kappa shape index (κ2) is 8.68. The van der Waals surface area contributed by atoms with Crippen molar-refractivity contribution < 1.29 is 24.5 Å². The van der Waals surface area contributed by atoms with Crippen molar-refractivity contribution >= 4 is 35.2 Å². The fraction of sp³-hybridized carbons (Fsp3) is 0.452. The molecule has 1 radical (unpaired) electrons. The molecule has 2 nitrogen and oxygen atoms in total. The minimum Gasteiger partial charge on any atom is -0.501 e. The van der Waals surface area contributed by atoms with Gasteiger partial charge in [0, 0.05) is 39.8 Å². The smallest absolute Gasteiger partial charge is 0.120 e. The van der Waals surface area contributed by atoms with Crippen molar-refractivity contribution in [1.29, 1.82) is 0 Å². The second-order valence-electron chi connectivity index (χ2n) is 13.0. The van der Waals surface area contributed by atoms with Crippen LogP contribution in [0.5, 0.6) is 0 Å². The van der Waals surface area contributed by atoms with E-state index >= 15 is 0 Å². The van der Waals surface area contributed by atoms with Crippen LogP contribution in [0.15, 0.2) is 40.9 Å². The number of fused-ring (bicyclic) bond motifs is 3. The minimum atomic E-state index is -1.64. The molecule has 0 spiro atoms. The van der Waals surface area contributed by atoms with E-state index in [0.717, 1.165) is 22.4 Å². The molecule has 0 bridgehead atoms. The maximum Gasteiger partial charge on any atom is 0.120 e. The molecule has 2 aromatic heterocycles. The van der Waals surface area contributed by atoms with Gasteiger partial charge >= 0.3 is 0 Å². The normalized spacial score (nSPS) is 17.7. The summed E-state index contributed by atoms with van der Waals surface area (Å²) in [5.74, 6) is 0.529. The van der Waals surface area contributed by atoms with Crippen LogP contribution in [0, 0.1) is 30.7 Å². The molecule has 0 N–H and O–H groups in total. The van der Waals surface area contributed by atoms with Crippen LogP contribution in [-0.2, 0) is 20.1 Å². The third-order valence-electron chi connectivity index (χ3n) is 8.32. The first-order valence-corrected chi connectivity index (χ1v) is 16.1. The SMILES string of the molecule is Cc1cnc(-c2[c-]cc([Si](C)(C)C)c3c2oc2ccc(C4C(C)(C)CCC4(C)C)cc23)cc1C.[Ir]. The Hall–Kier alpha value is -1.74. The van der Waals surface area contributed by atoms with Gasteiger partial charge in [0.2, 0.25) is 0 Å². The van der Waals surface area contributed by atoms with E-state index in [1.807, 2.05) is 6.20 Å². The van der Waals surface area contributed by atoms with Crippen LogP contribution in [-0.4, -0.2) is 13.1 Å². The molecule has 1 aliphatic carbocycles. The van der Waals surface area contributed by atoms with Gasteiger partial charge < -0.3 is 9.40 Å². The van der Waals surface area contributed by atoms with Crippen LogP contribution < -0.4 is 5.19 Å². The molecule has 35 heavy (non-hydrogen) atoms. The van der Waals surface area contributed by atoms with E-state index < -0.39 is 8.07 Å². The first-order valence-electron chi connectivity index (χ1n) is 12.6. The number of furan rings is 1. The fourth-order valence-electron chi connectivity index (χ4n) is 6.46. The zero-order chi connectivity index (χ0) is 24.6. The van der Waals surface area contributed by atoms with E-state index in [4.69, 9.17) is 9.40 Å². The van der Waals surface area contributed by atoms with Crippen LogP contribution in [0.1, 0.15) is 63.1 Å². The van der Waals surface area contributed by atoms with E-state index in [1.165, 1.54) is 45.5 Å². The maximum atomic E-state index is 6.62. The van der Waals surface area contributed by atoms with Gasteiger partial charge in [0.05, 0.1) is 5.58 Å². The predicted octanol–water partition coefficient (Wildman–Crippen LogP) is 8.54. The Balaban J connectivity index is 0.00000289. The Morgan fingerprint density at radius 2 is 1.63 bits per heavy atom. The molecule has 0 amide bonds. The van der Waals surface area contributed by atoms with E-state index in [9.17, 15) is 0 Å². The van der Waals surface area contributed by atoms with Crippen molar-refractivity contribution in [3.8, 4) is 11.3 Å². The molecular weight excluding hydrogens is 623 g/mol. The van der Waals surface area contributed by atoms with Crippen molar-refractivity contribution in [1.82, 2.24) is 4.98 Å². The molecule has 0 aliphatic heterocycles. The minimum absolute atomic E-state index is 0. The Labute approximate surface area is 225 Å². The van der Waals surface area contributed by atoms with Crippen molar-refractivity contribution in [2.24, 2.45) is 10.8 Å². The Morgan fingerprint density at radius 3 is 2.23 bits per heavy atom. The summed E-state index contributed by atoms with van der Waals surface area (Å²) in [6.45, 7) is 21.2. The second-order valence-corrected chi connectivity index (χ2v) is 18.0. The summed E-state index contributed by atoms with van der Waals surface area (Å²) in [6, 6.07) is 14.9. The molecule has 5 rings (SSSR count). The maximum absolute atomic E-state index is 6.62. The molecule has 1 saturated carbocycles. The van der Waals surface area contributed by atoms with Crippen LogP contribution >= 0.6 is 0 Å². The van der Waals surface area contributed by atoms with Gasteiger partial charge in [-0.3, -0.25) is 0 Å². The van der Waals surface area contributed by atoms with Gasteiger partial charge in [-0.05, 0) is 72.4 Å². The van der Waals surface area contributed by atoms with E-state index in [-0.39, 0.29) is 20.1 Å². The monoisotopic (exact) mass is 661 g/mol. The third kappa shape index (κ3) is 4.36. The van der Waals surface area contributed by atoms with Gasteiger partial charge in [-0.1, -0.05) is 76.0 Å². The zero-order valence-electron chi connectivity index (χ0n) is 22.6. The number of hydrogen-bond donors (Lipinski definition) is 0. The number of rotatable bonds is 3. The van der Waals surface area contributed by atoms with Crippen LogP contribution in [0.2, 0.25) is 19.6 Å². The van der Waals surface area contributed by atoms with Gasteiger partial charge in [0.1, 0.15) is 5.58 Å². The number of benzene rings is 2. The van der Waals surface area contributed by atoms with Gasteiger partial charge in [-0.25, -0.2) is 0 Å². The first kappa shape index (κ1) is 26.3. The van der Waals surface area contributed by atoms with E-state index in [2.05, 4.69) is 97.6 Å². The van der Waals surface area contributed by atoms with Crippen LogP contribution in [0.3, 0.4) is 0 Å². The largest absolute Gasteiger partial charge is 0.501 e. The number of pyridine rings is 1. The molecule has 2 heterocycles. The molecular formula is C31H38IrNOSi-. The zero-order valence-corrected chi connectivity index (χ0v) is 26.0. The summed E-state index contributed by atoms with van der Waals surface area (Å²) in [6.07, 6.45) is 4.50. The first-order chi connectivity index (χ1) is 15.8. The summed E-state index contributed by atoms with van der Waals surface area (Å²) in [4.78, 5) is 4.76. The van der Waals surface area contributed by atoms with E-state index in [0.29, 0.717) is 16.7 Å². The van der Waals surface area contributed by atoms with Crippen molar-refractivity contribution in [3.05, 3.63) is 59.3 Å². The third-order valence-corrected chi connectivity index (χ3v) is 10.3. The molecule has 187 valence electrons. The molecule has 1 fully saturated rings. The molecule has 0 saturated heterocycles. The van der Waals surface area contributed by atoms with Crippen molar-refractivity contribution in [2.45, 2.75) is 79.9 Å². The Morgan fingerprint density at radius 1 is 0.971 bits per heavy atom. The topological polar surface area (TPSA) is 26.0 Å². The molecule has 4 aromatic rings. The van der Waals surface area contributed by atoms with Gasteiger partial charge in [-0.15, -0.1) is 17.3 Å². The van der Waals surface area contributed by atoms with Crippen molar-refractivity contribution in [3.63, 3.8) is 0 Å². The number of aromatic nitrogens is 1. The molecule has 0 unspecified atom stereocenters. The molecule has 1 aliphatic rings. The van der Waals surface area contributed by atoms with Gasteiger partial charge in [-0.2, -0.15) is 0 Å². The summed E-state index contributed by atoms with van der Waals surface area (Å²) in [5, 5.41) is 3.94. The number of hydrogen-bond acceptors (Lipinski definition) is 2. The average Bonchev–Trinajstić information content (AvgIpc) is 3.22. The fourth-order valence-corrected chi connectivity index (χ4v) is 7.96. The van der Waals surface area contributed by atoms with Crippen molar-refractivity contribution in [2.75, 3.05) is 0 Å². The molecule has 0 atom stereocenters. The number of nitrogens with zero attached hydrogens (tertiary/aromatic N) is 1. The summed E-state index contributed by atoms with van der Waals surface area (Å²) in [7, 11) is -1.64. The summed E-state index contributed by atoms with van der Waals surface area (Å²) in [5.41, 5.74) is 8.29.